The average molecular weight is 435 g/mol. The highest BCUT2D eigenvalue weighted by Gasteiger charge is 2.21. The summed E-state index contributed by atoms with van der Waals surface area (Å²) in [7, 11) is 3.70. The fourth-order valence-electron chi connectivity index (χ4n) is 4.05. The first kappa shape index (κ1) is 20.1. The lowest BCUT2D eigenvalue weighted by Crippen LogP contribution is -2.30. The van der Waals surface area contributed by atoms with Crippen LogP contribution >= 0.6 is 0 Å². The van der Waals surface area contributed by atoms with E-state index in [4.69, 9.17) is 0 Å². The molecular formula is C22H22FN7O2. The van der Waals surface area contributed by atoms with Crippen molar-refractivity contribution in [2.24, 2.45) is 12.0 Å². The average Bonchev–Trinajstić information content (AvgIpc) is 3.49. The Balaban J connectivity index is 1.47. The van der Waals surface area contributed by atoms with Crippen molar-refractivity contribution in [1.82, 2.24) is 24.8 Å². The van der Waals surface area contributed by atoms with Gasteiger partial charge >= 0.3 is 0 Å². The Morgan fingerprint density at radius 2 is 2.19 bits per heavy atom. The molecule has 5 rings (SSSR count). The summed E-state index contributed by atoms with van der Waals surface area (Å²) < 4.78 is 16.3. The van der Waals surface area contributed by atoms with E-state index in [0.717, 1.165) is 16.4 Å². The molecule has 0 saturated heterocycles. The molecule has 32 heavy (non-hydrogen) atoms. The fourth-order valence-corrected chi connectivity index (χ4v) is 4.05. The molecule has 4 heterocycles. The summed E-state index contributed by atoms with van der Waals surface area (Å²) in [6.45, 7) is 0.382. The smallest absolute Gasteiger partial charge is 0.265 e. The van der Waals surface area contributed by atoms with Crippen molar-refractivity contribution in [3.63, 3.8) is 0 Å². The molecule has 0 bridgehead atoms. The number of H-pyrrole nitrogens is 1. The molecule has 0 saturated carbocycles. The number of benzene rings is 1. The quantitative estimate of drug-likeness (QED) is 0.383. The number of aliphatic hydroxyl groups is 1. The number of aliphatic imine (C=N–C) groups is 1. The van der Waals surface area contributed by atoms with Gasteiger partial charge in [-0.25, -0.2) is 14.4 Å². The molecular weight excluding hydrogens is 413 g/mol. The highest BCUT2D eigenvalue weighted by Crippen LogP contribution is 2.32. The third kappa shape index (κ3) is 3.48. The number of hydrogen-bond donors (Lipinski definition) is 4. The second-order valence-corrected chi connectivity index (χ2v) is 7.88. The summed E-state index contributed by atoms with van der Waals surface area (Å²) in [6.07, 6.45) is 1.36. The van der Waals surface area contributed by atoms with Crippen LogP contribution in [0.4, 0.5) is 10.2 Å². The maximum atomic E-state index is 14.4. The molecule has 4 aromatic rings. The van der Waals surface area contributed by atoms with E-state index in [0.29, 0.717) is 34.0 Å². The lowest BCUT2D eigenvalue weighted by atomic mass is 10.1. The van der Waals surface area contributed by atoms with Crippen molar-refractivity contribution < 1.29 is 14.3 Å². The van der Waals surface area contributed by atoms with Crippen LogP contribution in [0.1, 0.15) is 12.0 Å². The molecule has 0 aliphatic carbocycles. The third-order valence-electron chi connectivity index (χ3n) is 5.58. The molecule has 1 atom stereocenters. The van der Waals surface area contributed by atoms with Crippen LogP contribution in [0.15, 0.2) is 35.6 Å². The van der Waals surface area contributed by atoms with E-state index in [2.05, 4.69) is 30.6 Å². The van der Waals surface area contributed by atoms with Gasteiger partial charge < -0.3 is 25.3 Å². The lowest BCUT2D eigenvalue weighted by Gasteiger charge is -2.08. The van der Waals surface area contributed by atoms with Gasteiger partial charge in [0.2, 0.25) is 0 Å². The molecule has 1 aliphatic heterocycles. The molecule has 1 aromatic carbocycles. The molecule has 0 fully saturated rings. The van der Waals surface area contributed by atoms with Gasteiger partial charge in [0.05, 0.1) is 24.5 Å². The highest BCUT2D eigenvalue weighted by atomic mass is 19.1. The maximum Gasteiger partial charge on any atom is 0.265 e. The van der Waals surface area contributed by atoms with E-state index >= 15 is 0 Å². The number of imidazole rings is 1. The van der Waals surface area contributed by atoms with E-state index < -0.39 is 11.9 Å². The third-order valence-corrected chi connectivity index (χ3v) is 5.58. The van der Waals surface area contributed by atoms with Crippen molar-refractivity contribution in [2.45, 2.75) is 19.1 Å². The van der Waals surface area contributed by atoms with Gasteiger partial charge in [0.15, 0.2) is 5.82 Å². The monoisotopic (exact) mass is 435 g/mol. The number of nitrogens with zero attached hydrogens (tertiary/aromatic N) is 4. The normalized spacial score (nSPS) is 16.0. The SMILES string of the molecule is CNc1nc2[nH]c(-c3cc(F)cc(CNC(=O)C4=NC[C@H](O)C4)c3)cc2c2c1ncn2C. The van der Waals surface area contributed by atoms with Gasteiger partial charge in [-0.05, 0) is 29.8 Å². The maximum absolute atomic E-state index is 14.4. The summed E-state index contributed by atoms with van der Waals surface area (Å²) in [5, 5.41) is 16.2. The number of pyridine rings is 1. The van der Waals surface area contributed by atoms with E-state index in [1.807, 2.05) is 23.7 Å². The van der Waals surface area contributed by atoms with Crippen LogP contribution in [0, 0.1) is 5.82 Å². The number of aromatic nitrogens is 4. The molecule has 0 spiro atoms. The molecule has 3 aromatic heterocycles. The van der Waals surface area contributed by atoms with Gasteiger partial charge in [-0.3, -0.25) is 9.79 Å². The molecule has 1 amide bonds. The standard InChI is InChI=1S/C22H22FN7O2/c1-24-21-18-19(30(2)10-27-18)15-7-16(28-20(15)29-21)12-3-11(4-13(23)5-12)8-26-22(32)17-6-14(31)9-25-17/h3-5,7,10,14,31H,6,8-9H2,1-2H3,(H,26,32)(H2,24,28,29)/t14-/m1/s1. The molecule has 9 nitrogen and oxygen atoms in total. The number of hydrogen-bond acceptors (Lipinski definition) is 6. The molecule has 1 aliphatic rings. The van der Waals surface area contributed by atoms with Gasteiger partial charge in [-0.1, -0.05) is 0 Å². The number of carbonyl (C=O) groups excluding carboxylic acids is 1. The molecule has 4 N–H and O–H groups in total. The number of rotatable bonds is 5. The minimum atomic E-state index is -0.610. The number of aryl methyl sites for hydroxylation is 1. The summed E-state index contributed by atoms with van der Waals surface area (Å²) in [4.78, 5) is 28.6. The van der Waals surface area contributed by atoms with Crippen molar-refractivity contribution in [3.05, 3.63) is 42.0 Å². The summed E-state index contributed by atoms with van der Waals surface area (Å²) in [5.74, 6) is -0.0990. The van der Waals surface area contributed by atoms with Gasteiger partial charge in [0.1, 0.15) is 22.7 Å². The van der Waals surface area contributed by atoms with Gasteiger partial charge in [0.25, 0.3) is 5.91 Å². The number of fused-ring (bicyclic) bond motifs is 3. The Morgan fingerprint density at radius 3 is 2.94 bits per heavy atom. The van der Waals surface area contributed by atoms with Crippen LogP contribution < -0.4 is 10.6 Å². The Labute approximate surface area is 182 Å². The summed E-state index contributed by atoms with van der Waals surface area (Å²) in [6, 6.07) is 6.57. The number of aromatic amines is 1. The van der Waals surface area contributed by atoms with E-state index in [1.165, 1.54) is 12.1 Å². The Hall–Kier alpha value is -3.79. The number of amides is 1. The number of halogens is 1. The van der Waals surface area contributed by atoms with Gasteiger partial charge in [-0.15, -0.1) is 0 Å². The van der Waals surface area contributed by atoms with E-state index in [-0.39, 0.29) is 25.4 Å². The van der Waals surface area contributed by atoms with Crippen molar-refractivity contribution in [1.29, 1.82) is 0 Å². The Kier molecular flexibility index (Phi) is 4.86. The predicted molar refractivity (Wildman–Crippen MR) is 120 cm³/mol. The van der Waals surface area contributed by atoms with Crippen molar-refractivity contribution >= 4 is 39.5 Å². The zero-order valence-corrected chi connectivity index (χ0v) is 17.6. The van der Waals surface area contributed by atoms with Crippen molar-refractivity contribution in [2.75, 3.05) is 18.9 Å². The molecule has 0 unspecified atom stereocenters. The largest absolute Gasteiger partial charge is 0.391 e. The lowest BCUT2D eigenvalue weighted by molar-refractivity contribution is -0.115. The van der Waals surface area contributed by atoms with Crippen LogP contribution in [0.25, 0.3) is 33.3 Å². The van der Waals surface area contributed by atoms with E-state index in [1.54, 1.807) is 13.4 Å². The number of nitrogens with one attached hydrogen (secondary N) is 3. The molecule has 10 heteroatoms. The fraction of sp³-hybridized carbons (Fsp3) is 0.273. The van der Waals surface area contributed by atoms with Gasteiger partial charge in [0, 0.05) is 43.7 Å². The highest BCUT2D eigenvalue weighted by molar-refractivity contribution is 6.39. The topological polar surface area (TPSA) is 120 Å². The molecule has 0 radical (unpaired) electrons. The van der Waals surface area contributed by atoms with Crippen molar-refractivity contribution in [3.8, 4) is 11.3 Å². The Bertz CT molecular complexity index is 1390. The minimum Gasteiger partial charge on any atom is -0.391 e. The minimum absolute atomic E-state index is 0.146. The second kappa shape index (κ2) is 7.72. The first-order valence-corrected chi connectivity index (χ1v) is 10.2. The summed E-state index contributed by atoms with van der Waals surface area (Å²) >= 11 is 0. The molecule has 164 valence electrons. The second-order valence-electron chi connectivity index (χ2n) is 7.88. The van der Waals surface area contributed by atoms with Crippen LogP contribution in [0.3, 0.4) is 0 Å². The van der Waals surface area contributed by atoms with Crippen LogP contribution in [-0.4, -0.2) is 55.9 Å². The van der Waals surface area contributed by atoms with Crippen LogP contribution in [0.5, 0.6) is 0 Å². The first-order chi connectivity index (χ1) is 15.4. The number of carbonyl (C=O) groups is 1. The first-order valence-electron chi connectivity index (χ1n) is 10.2. The van der Waals surface area contributed by atoms with Crippen LogP contribution in [-0.2, 0) is 18.4 Å². The predicted octanol–water partition coefficient (Wildman–Crippen LogP) is 2.12. The number of anilines is 1. The van der Waals surface area contributed by atoms with Crippen LogP contribution in [0.2, 0.25) is 0 Å². The van der Waals surface area contributed by atoms with E-state index in [9.17, 15) is 14.3 Å². The number of aliphatic hydroxyl groups excluding tert-OH is 1. The zero-order chi connectivity index (χ0) is 22.4. The van der Waals surface area contributed by atoms with Gasteiger partial charge in [-0.2, -0.15) is 0 Å². The zero-order valence-electron chi connectivity index (χ0n) is 17.6. The summed E-state index contributed by atoms with van der Waals surface area (Å²) in [5.41, 5.74) is 4.62. The Morgan fingerprint density at radius 1 is 1.34 bits per heavy atom.